The quantitative estimate of drug-likeness (QED) is 0.653. The first-order valence-corrected chi connectivity index (χ1v) is 9.83. The fourth-order valence-electron chi connectivity index (χ4n) is 5.44. The molecule has 2 aliphatic rings. The molecule has 4 N–H and O–H groups in total. The SMILES string of the molecule is NC(=O)c1cccc(C2(O)C3CCC2(Cc2cc4ccccc4o2)CNC3)c1. The molecule has 1 saturated heterocycles. The summed E-state index contributed by atoms with van der Waals surface area (Å²) in [5, 5.41) is 16.7. The van der Waals surface area contributed by atoms with Gasteiger partial charge in [-0.1, -0.05) is 30.3 Å². The number of aliphatic hydroxyl groups is 1. The van der Waals surface area contributed by atoms with Gasteiger partial charge in [0.1, 0.15) is 16.9 Å². The summed E-state index contributed by atoms with van der Waals surface area (Å²) in [7, 11) is 0. The molecule has 5 nitrogen and oxygen atoms in total. The highest BCUT2D eigenvalue weighted by molar-refractivity contribution is 5.93. The Bertz CT molecular complexity index is 1020. The van der Waals surface area contributed by atoms with Crippen molar-refractivity contribution in [1.29, 1.82) is 0 Å². The Morgan fingerprint density at radius 2 is 2.07 bits per heavy atom. The second kappa shape index (κ2) is 6.19. The van der Waals surface area contributed by atoms with Crippen LogP contribution in [0.5, 0.6) is 0 Å². The van der Waals surface area contributed by atoms with E-state index in [2.05, 4.69) is 11.4 Å². The second-order valence-corrected chi connectivity index (χ2v) is 8.29. The van der Waals surface area contributed by atoms with E-state index in [9.17, 15) is 9.90 Å². The zero-order valence-electron chi connectivity index (χ0n) is 15.7. The number of fused-ring (bicyclic) bond motifs is 3. The monoisotopic (exact) mass is 376 g/mol. The Morgan fingerprint density at radius 1 is 1.21 bits per heavy atom. The average molecular weight is 376 g/mol. The molecular formula is C23H24N2O3. The molecule has 2 heterocycles. The van der Waals surface area contributed by atoms with Gasteiger partial charge in [0.25, 0.3) is 0 Å². The lowest BCUT2D eigenvalue weighted by molar-refractivity contribution is -0.116. The van der Waals surface area contributed by atoms with E-state index in [4.69, 9.17) is 10.2 Å². The number of carbonyl (C=O) groups is 1. The van der Waals surface area contributed by atoms with Crippen LogP contribution in [-0.2, 0) is 12.0 Å². The lowest BCUT2D eigenvalue weighted by Gasteiger charge is -2.49. The molecule has 0 radical (unpaired) electrons. The van der Waals surface area contributed by atoms with Crippen molar-refractivity contribution in [2.75, 3.05) is 13.1 Å². The third kappa shape index (κ3) is 2.43. The van der Waals surface area contributed by atoms with Crippen molar-refractivity contribution in [3.8, 4) is 0 Å². The molecule has 5 heteroatoms. The fraction of sp³-hybridized carbons (Fsp3) is 0.348. The number of carbonyl (C=O) groups excluding carboxylic acids is 1. The van der Waals surface area contributed by atoms with Crippen molar-refractivity contribution in [3.05, 3.63) is 71.5 Å². The minimum Gasteiger partial charge on any atom is -0.461 e. The van der Waals surface area contributed by atoms with Crippen molar-refractivity contribution in [2.24, 2.45) is 17.1 Å². The maximum atomic E-state index is 12.1. The number of nitrogens with one attached hydrogen (secondary N) is 1. The van der Waals surface area contributed by atoms with Gasteiger partial charge in [-0.15, -0.1) is 0 Å². The molecule has 3 atom stereocenters. The number of hydrogen-bond donors (Lipinski definition) is 3. The van der Waals surface area contributed by atoms with Gasteiger partial charge in [0.2, 0.25) is 5.91 Å². The first-order chi connectivity index (χ1) is 13.5. The van der Waals surface area contributed by atoms with Crippen LogP contribution in [0.2, 0.25) is 0 Å². The van der Waals surface area contributed by atoms with Gasteiger partial charge in [0.15, 0.2) is 0 Å². The van der Waals surface area contributed by atoms with Gasteiger partial charge in [-0.2, -0.15) is 0 Å². The summed E-state index contributed by atoms with van der Waals surface area (Å²) in [6.07, 6.45) is 2.48. The molecule has 28 heavy (non-hydrogen) atoms. The molecule has 3 unspecified atom stereocenters. The number of furan rings is 1. The van der Waals surface area contributed by atoms with Crippen molar-refractivity contribution in [1.82, 2.24) is 5.32 Å². The molecule has 1 saturated carbocycles. The van der Waals surface area contributed by atoms with Crippen molar-refractivity contribution < 1.29 is 14.3 Å². The highest BCUT2D eigenvalue weighted by atomic mass is 16.3. The van der Waals surface area contributed by atoms with Crippen LogP contribution >= 0.6 is 0 Å². The molecular weight excluding hydrogens is 352 g/mol. The lowest BCUT2D eigenvalue weighted by Crippen LogP contribution is -2.58. The van der Waals surface area contributed by atoms with Gasteiger partial charge >= 0.3 is 0 Å². The molecule has 5 rings (SSSR count). The number of amides is 1. The number of piperidine rings is 1. The summed E-state index contributed by atoms with van der Waals surface area (Å²) < 4.78 is 6.09. The normalized spacial score (nSPS) is 29.2. The highest BCUT2D eigenvalue weighted by Gasteiger charge is 2.62. The predicted molar refractivity (Wildman–Crippen MR) is 107 cm³/mol. The minimum atomic E-state index is -1.03. The Balaban J connectivity index is 1.59. The van der Waals surface area contributed by atoms with Gasteiger partial charge < -0.3 is 20.6 Å². The molecule has 144 valence electrons. The molecule has 1 aliphatic heterocycles. The minimum absolute atomic E-state index is 0.0914. The third-order valence-corrected chi connectivity index (χ3v) is 6.80. The Morgan fingerprint density at radius 3 is 2.89 bits per heavy atom. The number of rotatable bonds is 4. The number of primary amides is 1. The summed E-state index contributed by atoms with van der Waals surface area (Å²) in [5.41, 5.74) is 6.16. The van der Waals surface area contributed by atoms with Crippen molar-refractivity contribution in [3.63, 3.8) is 0 Å². The van der Waals surface area contributed by atoms with Gasteiger partial charge in [-0.05, 0) is 42.7 Å². The number of benzene rings is 2. The van der Waals surface area contributed by atoms with Gasteiger partial charge in [-0.25, -0.2) is 0 Å². The lowest BCUT2D eigenvalue weighted by atomic mass is 9.63. The Kier molecular flexibility index (Phi) is 3.86. The first-order valence-electron chi connectivity index (χ1n) is 9.83. The van der Waals surface area contributed by atoms with Crippen LogP contribution in [0.3, 0.4) is 0 Å². The summed E-state index contributed by atoms with van der Waals surface area (Å²) in [6, 6.07) is 17.2. The van der Waals surface area contributed by atoms with Crippen LogP contribution < -0.4 is 11.1 Å². The molecule has 0 spiro atoms. The molecule has 1 aliphatic carbocycles. The van der Waals surface area contributed by atoms with Crippen LogP contribution in [0, 0.1) is 11.3 Å². The van der Waals surface area contributed by atoms with Gasteiger partial charge in [-0.3, -0.25) is 4.79 Å². The Labute approximate surface area is 163 Å². The van der Waals surface area contributed by atoms with E-state index in [0.29, 0.717) is 18.5 Å². The van der Waals surface area contributed by atoms with Gasteiger partial charge in [0.05, 0.1) is 0 Å². The van der Waals surface area contributed by atoms with E-state index >= 15 is 0 Å². The van der Waals surface area contributed by atoms with Crippen LogP contribution in [0.4, 0.5) is 0 Å². The zero-order valence-corrected chi connectivity index (χ0v) is 15.7. The standard InChI is InChI=1S/C23H24N2O3/c24-21(26)16-5-3-6-17(10-16)23(27)18-8-9-22(23,14-25-13-18)12-19-11-15-4-1-2-7-20(15)28-19/h1-7,10-11,18,25,27H,8-9,12-14H2,(H2,24,26). The van der Waals surface area contributed by atoms with E-state index in [0.717, 1.165) is 41.7 Å². The largest absolute Gasteiger partial charge is 0.461 e. The maximum Gasteiger partial charge on any atom is 0.248 e. The first kappa shape index (κ1) is 17.5. The number of nitrogens with two attached hydrogens (primary N) is 1. The fourth-order valence-corrected chi connectivity index (χ4v) is 5.44. The summed E-state index contributed by atoms with van der Waals surface area (Å²) >= 11 is 0. The molecule has 1 amide bonds. The molecule has 2 bridgehead atoms. The van der Waals surface area contributed by atoms with E-state index in [1.165, 1.54) is 0 Å². The van der Waals surface area contributed by atoms with Crippen LogP contribution in [0.1, 0.15) is 34.5 Å². The zero-order chi connectivity index (χ0) is 19.4. The molecule has 3 aromatic rings. The summed E-state index contributed by atoms with van der Waals surface area (Å²) in [5.74, 6) is 0.502. The number of para-hydroxylation sites is 1. The van der Waals surface area contributed by atoms with Crippen molar-refractivity contribution in [2.45, 2.75) is 24.9 Å². The van der Waals surface area contributed by atoms with Gasteiger partial charge in [0, 0.05) is 41.8 Å². The Hall–Kier alpha value is -2.63. The topological polar surface area (TPSA) is 88.5 Å². The third-order valence-electron chi connectivity index (χ3n) is 6.80. The van der Waals surface area contributed by atoms with Crippen LogP contribution in [0.25, 0.3) is 11.0 Å². The summed E-state index contributed by atoms with van der Waals surface area (Å²) in [4.78, 5) is 11.7. The van der Waals surface area contributed by atoms with Crippen molar-refractivity contribution >= 4 is 16.9 Å². The highest BCUT2D eigenvalue weighted by Crippen LogP contribution is 2.59. The molecule has 2 aromatic carbocycles. The van der Waals surface area contributed by atoms with Crippen LogP contribution in [0.15, 0.2) is 59.0 Å². The smallest absolute Gasteiger partial charge is 0.248 e. The van der Waals surface area contributed by atoms with E-state index in [-0.39, 0.29) is 11.3 Å². The molecule has 2 fully saturated rings. The average Bonchev–Trinajstić information content (AvgIpc) is 3.13. The van der Waals surface area contributed by atoms with Crippen LogP contribution in [-0.4, -0.2) is 24.1 Å². The summed E-state index contributed by atoms with van der Waals surface area (Å²) in [6.45, 7) is 1.47. The van der Waals surface area contributed by atoms with E-state index in [1.54, 1.807) is 12.1 Å². The maximum absolute atomic E-state index is 12.1. The molecule has 1 aromatic heterocycles. The number of hydrogen-bond acceptors (Lipinski definition) is 4. The van der Waals surface area contributed by atoms with E-state index in [1.807, 2.05) is 36.4 Å². The second-order valence-electron chi connectivity index (χ2n) is 8.29. The predicted octanol–water partition coefficient (Wildman–Crippen LogP) is 2.96. The van der Waals surface area contributed by atoms with E-state index < -0.39 is 11.5 Å².